The number of para-hydroxylation sites is 1. The number of nitrogens with zero attached hydrogens (tertiary/aromatic N) is 2. The van der Waals surface area contributed by atoms with Gasteiger partial charge < -0.3 is 28.6 Å². The van der Waals surface area contributed by atoms with Gasteiger partial charge in [0.15, 0.2) is 17.3 Å². The summed E-state index contributed by atoms with van der Waals surface area (Å²) in [5, 5.41) is 0. The number of sulfonamides is 1. The largest absolute Gasteiger partial charge is 0.493 e. The number of rotatable bonds is 8. The third kappa shape index (κ3) is 5.91. The summed E-state index contributed by atoms with van der Waals surface area (Å²) in [5.41, 5.74) is 1.26. The van der Waals surface area contributed by atoms with Crippen molar-refractivity contribution in [3.05, 3.63) is 47.5 Å². The van der Waals surface area contributed by atoms with E-state index in [9.17, 15) is 13.2 Å². The maximum atomic E-state index is 13.9. The highest BCUT2D eigenvalue weighted by atomic mass is 32.2. The van der Waals surface area contributed by atoms with Gasteiger partial charge in [0.1, 0.15) is 0 Å². The van der Waals surface area contributed by atoms with Crippen LogP contribution in [0.2, 0.25) is 0 Å². The van der Waals surface area contributed by atoms with Crippen LogP contribution in [0.1, 0.15) is 28.8 Å². The van der Waals surface area contributed by atoms with Gasteiger partial charge in [0.2, 0.25) is 10.0 Å². The topological polar surface area (TPSA) is 104 Å². The molecule has 2 aromatic carbocycles. The lowest BCUT2D eigenvalue weighted by atomic mass is 10.0. The van der Waals surface area contributed by atoms with Gasteiger partial charge >= 0.3 is 0 Å². The average molecular weight is 579 g/mol. The Morgan fingerprint density at radius 1 is 0.974 bits per heavy atom. The van der Waals surface area contributed by atoms with Crippen molar-refractivity contribution < 1.29 is 36.9 Å². The fourth-order valence-corrected chi connectivity index (χ4v) is 7.57. The molecule has 5 rings (SSSR count). The van der Waals surface area contributed by atoms with Crippen molar-refractivity contribution in [3.63, 3.8) is 0 Å². The van der Waals surface area contributed by atoms with E-state index in [0.29, 0.717) is 80.1 Å². The molecule has 2 aromatic rings. The molecule has 3 fully saturated rings. The zero-order valence-electron chi connectivity index (χ0n) is 22.2. The van der Waals surface area contributed by atoms with Gasteiger partial charge in [-0.2, -0.15) is 4.31 Å². The van der Waals surface area contributed by atoms with Gasteiger partial charge in [-0.3, -0.25) is 4.79 Å². The first-order valence-corrected chi connectivity index (χ1v) is 15.4. The molecule has 1 spiro atoms. The second-order valence-corrected chi connectivity index (χ2v) is 12.5. The molecule has 3 aliphatic heterocycles. The number of likely N-dealkylation sites (tertiary alicyclic amines) is 1. The minimum absolute atomic E-state index is 0.104. The number of thioether (sulfide) groups is 1. The molecule has 0 N–H and O–H groups in total. The Morgan fingerprint density at radius 2 is 1.69 bits per heavy atom. The van der Waals surface area contributed by atoms with Crippen LogP contribution in [0.5, 0.6) is 11.5 Å². The molecule has 3 aliphatic rings. The van der Waals surface area contributed by atoms with Gasteiger partial charge in [-0.15, -0.1) is 11.8 Å². The molecule has 1 amide bonds. The summed E-state index contributed by atoms with van der Waals surface area (Å²) in [6.45, 7) is 3.31. The van der Waals surface area contributed by atoms with Gasteiger partial charge in [-0.1, -0.05) is 12.1 Å². The molecule has 212 valence electrons. The van der Waals surface area contributed by atoms with Crippen molar-refractivity contribution in [2.45, 2.75) is 34.2 Å². The average Bonchev–Trinajstić information content (AvgIpc) is 3.43. The number of carbonyl (C=O) groups is 1. The van der Waals surface area contributed by atoms with Crippen LogP contribution in [-0.4, -0.2) is 96.1 Å². The Balaban J connectivity index is 1.43. The number of carbonyl (C=O) groups excluding carboxylic acids is 1. The molecular formula is C27H34N2O8S2. The van der Waals surface area contributed by atoms with E-state index in [1.807, 2.05) is 18.2 Å². The molecule has 10 nitrogen and oxygen atoms in total. The standard InChI is InChI=1S/C27H34N2O8S2/c1-33-23-5-3-4-20(25(23)34-2)19-38-24-7-6-21(39(31,32)29-12-14-35-15-13-29)18-22(24)26(30)28-10-8-27(9-11-28)36-16-17-37-27/h3-7,18H,8-17,19H2,1-2H3. The van der Waals surface area contributed by atoms with Crippen molar-refractivity contribution in [2.75, 3.05) is 66.8 Å². The molecule has 0 aromatic heterocycles. The first kappa shape index (κ1) is 28.2. The minimum Gasteiger partial charge on any atom is -0.493 e. The van der Waals surface area contributed by atoms with Crippen LogP contribution >= 0.6 is 11.8 Å². The van der Waals surface area contributed by atoms with Crippen LogP contribution in [0, 0.1) is 0 Å². The summed E-state index contributed by atoms with van der Waals surface area (Å²) in [4.78, 5) is 16.4. The fraction of sp³-hybridized carbons (Fsp3) is 0.519. The van der Waals surface area contributed by atoms with Crippen LogP contribution < -0.4 is 9.47 Å². The van der Waals surface area contributed by atoms with E-state index in [1.165, 1.54) is 22.1 Å². The van der Waals surface area contributed by atoms with Gasteiger partial charge in [0, 0.05) is 55.2 Å². The molecule has 0 saturated carbocycles. The molecule has 39 heavy (non-hydrogen) atoms. The van der Waals surface area contributed by atoms with E-state index >= 15 is 0 Å². The van der Waals surface area contributed by atoms with Crippen LogP contribution in [0.3, 0.4) is 0 Å². The summed E-state index contributed by atoms with van der Waals surface area (Å²) in [5.74, 6) is 0.934. The van der Waals surface area contributed by atoms with Crippen LogP contribution in [-0.2, 0) is 30.0 Å². The summed E-state index contributed by atoms with van der Waals surface area (Å²) >= 11 is 1.45. The molecular weight excluding hydrogens is 544 g/mol. The highest BCUT2D eigenvalue weighted by Gasteiger charge is 2.41. The van der Waals surface area contributed by atoms with Gasteiger partial charge in [-0.25, -0.2) is 8.42 Å². The number of amides is 1. The smallest absolute Gasteiger partial charge is 0.255 e. The summed E-state index contributed by atoms with van der Waals surface area (Å²) in [7, 11) is -0.596. The van der Waals surface area contributed by atoms with E-state index < -0.39 is 15.8 Å². The Bertz CT molecular complexity index is 1280. The van der Waals surface area contributed by atoms with E-state index in [-0.39, 0.29) is 23.9 Å². The third-order valence-electron chi connectivity index (χ3n) is 7.28. The first-order valence-electron chi connectivity index (χ1n) is 13.0. The van der Waals surface area contributed by atoms with E-state index in [4.69, 9.17) is 23.7 Å². The van der Waals surface area contributed by atoms with Crippen LogP contribution in [0.25, 0.3) is 0 Å². The summed E-state index contributed by atoms with van der Waals surface area (Å²) < 4.78 is 56.2. The van der Waals surface area contributed by atoms with Crippen molar-refractivity contribution >= 4 is 27.7 Å². The summed E-state index contributed by atoms with van der Waals surface area (Å²) in [6.07, 6.45) is 1.15. The first-order chi connectivity index (χ1) is 18.9. The third-order valence-corrected chi connectivity index (χ3v) is 10.3. The number of hydrogen-bond donors (Lipinski definition) is 0. The lowest BCUT2D eigenvalue weighted by Gasteiger charge is -2.37. The number of piperidine rings is 1. The van der Waals surface area contributed by atoms with Crippen molar-refractivity contribution in [1.29, 1.82) is 0 Å². The zero-order chi connectivity index (χ0) is 27.5. The lowest BCUT2D eigenvalue weighted by molar-refractivity contribution is -0.181. The predicted molar refractivity (Wildman–Crippen MR) is 145 cm³/mol. The number of benzene rings is 2. The predicted octanol–water partition coefficient (Wildman–Crippen LogP) is 3.00. The fourth-order valence-electron chi connectivity index (χ4n) is 5.13. The molecule has 0 aliphatic carbocycles. The van der Waals surface area contributed by atoms with Gasteiger partial charge in [-0.05, 0) is 24.3 Å². The SMILES string of the molecule is COc1cccc(CSc2ccc(S(=O)(=O)N3CCOCC3)cc2C(=O)N2CCC3(CC2)OCCO3)c1OC. The van der Waals surface area contributed by atoms with E-state index in [0.717, 1.165) is 5.56 Å². The van der Waals surface area contributed by atoms with Gasteiger partial charge in [0.25, 0.3) is 5.91 Å². The highest BCUT2D eigenvalue weighted by Crippen LogP contribution is 2.38. The number of morpholine rings is 1. The summed E-state index contributed by atoms with van der Waals surface area (Å²) in [6, 6.07) is 10.5. The number of ether oxygens (including phenoxy) is 5. The quantitative estimate of drug-likeness (QED) is 0.437. The molecule has 12 heteroatoms. The normalized spacial score (nSPS) is 19.8. The Morgan fingerprint density at radius 3 is 2.36 bits per heavy atom. The molecule has 0 radical (unpaired) electrons. The lowest BCUT2D eigenvalue weighted by Crippen LogP contribution is -2.47. The van der Waals surface area contributed by atoms with Gasteiger partial charge in [0.05, 0.1) is 51.1 Å². The minimum atomic E-state index is -3.77. The van der Waals surface area contributed by atoms with Crippen LogP contribution in [0.15, 0.2) is 46.2 Å². The van der Waals surface area contributed by atoms with Crippen molar-refractivity contribution in [1.82, 2.24) is 9.21 Å². The molecule has 3 saturated heterocycles. The monoisotopic (exact) mass is 578 g/mol. The van der Waals surface area contributed by atoms with E-state index in [2.05, 4.69) is 0 Å². The second-order valence-electron chi connectivity index (χ2n) is 9.52. The second kappa shape index (κ2) is 12.0. The Labute approximate surface area is 233 Å². The zero-order valence-corrected chi connectivity index (χ0v) is 23.9. The molecule has 3 heterocycles. The maximum absolute atomic E-state index is 13.9. The van der Waals surface area contributed by atoms with Crippen LogP contribution in [0.4, 0.5) is 0 Å². The number of hydrogen-bond acceptors (Lipinski definition) is 9. The van der Waals surface area contributed by atoms with Crippen molar-refractivity contribution in [2.24, 2.45) is 0 Å². The molecule has 0 unspecified atom stereocenters. The van der Waals surface area contributed by atoms with Crippen molar-refractivity contribution in [3.8, 4) is 11.5 Å². The molecule has 0 bridgehead atoms. The Hall–Kier alpha value is -2.35. The highest BCUT2D eigenvalue weighted by molar-refractivity contribution is 7.98. The van der Waals surface area contributed by atoms with E-state index in [1.54, 1.807) is 31.3 Å². The maximum Gasteiger partial charge on any atom is 0.255 e. The molecule has 0 atom stereocenters. The Kier molecular flexibility index (Phi) is 8.69. The number of methoxy groups -OCH3 is 2.